The van der Waals surface area contributed by atoms with Crippen molar-refractivity contribution in [3.05, 3.63) is 54.0 Å². The number of hydrogen-bond acceptors (Lipinski definition) is 7. The van der Waals surface area contributed by atoms with E-state index >= 15 is 0 Å². The Kier molecular flexibility index (Phi) is 7.18. The number of anilines is 2. The van der Waals surface area contributed by atoms with Crippen molar-refractivity contribution in [3.8, 4) is 17.3 Å². The van der Waals surface area contributed by atoms with Crippen LogP contribution in [-0.2, 0) is 4.74 Å². The summed E-state index contributed by atoms with van der Waals surface area (Å²) in [5, 5.41) is 19.3. The molecule has 9 heteroatoms. The first-order valence-electron chi connectivity index (χ1n) is 11.5. The highest BCUT2D eigenvalue weighted by Crippen LogP contribution is 2.30. The van der Waals surface area contributed by atoms with Gasteiger partial charge in [-0.2, -0.15) is 10.4 Å². The van der Waals surface area contributed by atoms with E-state index < -0.39 is 6.04 Å². The molecule has 0 radical (unpaired) electrons. The van der Waals surface area contributed by atoms with Crippen LogP contribution in [0.25, 0.3) is 11.3 Å². The van der Waals surface area contributed by atoms with E-state index in [0.717, 1.165) is 48.2 Å². The maximum Gasteiger partial charge on any atom is 0.252 e. The van der Waals surface area contributed by atoms with Crippen molar-refractivity contribution in [2.75, 3.05) is 12.4 Å². The van der Waals surface area contributed by atoms with Crippen LogP contribution in [0, 0.1) is 18.3 Å². The van der Waals surface area contributed by atoms with Crippen LogP contribution in [0.2, 0.25) is 0 Å². The summed E-state index contributed by atoms with van der Waals surface area (Å²) < 4.78 is 7.48. The highest BCUT2D eigenvalue weighted by atomic mass is 16.5. The van der Waals surface area contributed by atoms with E-state index in [2.05, 4.69) is 20.7 Å². The number of carbonyl (C=O) groups excluding carboxylic acids is 1. The van der Waals surface area contributed by atoms with Crippen LogP contribution in [-0.4, -0.2) is 44.9 Å². The zero-order valence-electron chi connectivity index (χ0n) is 19.7. The molecule has 0 unspecified atom stereocenters. The van der Waals surface area contributed by atoms with E-state index in [1.807, 2.05) is 36.0 Å². The lowest BCUT2D eigenvalue weighted by atomic mass is 9.93. The number of hydrogen-bond donors (Lipinski definition) is 2. The van der Waals surface area contributed by atoms with Gasteiger partial charge in [0.05, 0.1) is 35.8 Å². The largest absolute Gasteiger partial charge is 0.381 e. The zero-order valence-corrected chi connectivity index (χ0v) is 19.7. The predicted molar refractivity (Wildman–Crippen MR) is 129 cm³/mol. The number of nitriles is 1. The molecule has 34 heavy (non-hydrogen) atoms. The van der Waals surface area contributed by atoms with Crippen LogP contribution in [0.5, 0.6) is 0 Å². The lowest BCUT2D eigenvalue weighted by Crippen LogP contribution is -2.31. The fraction of sp³-hybridized carbons (Fsp3) is 0.400. The Morgan fingerprint density at radius 2 is 1.94 bits per heavy atom. The average Bonchev–Trinajstić information content (AvgIpc) is 3.33. The number of rotatable bonds is 7. The topological polar surface area (TPSA) is 118 Å². The molecule has 2 heterocycles. The summed E-state index contributed by atoms with van der Waals surface area (Å²) in [5.41, 5.74) is 3.90. The normalized spacial score (nSPS) is 18.6. The molecule has 1 fully saturated rings. The molecule has 2 N–H and O–H groups in total. The van der Waals surface area contributed by atoms with Gasteiger partial charge < -0.3 is 15.4 Å². The standard InChI is InChI=1S/C25H29N7O2/c1-16-13-27-25(30-20-14-28-32(15-20)21-8-10-22(34-3)11-9-21)31-23(16)18-4-6-19(7-5-18)24(33)29-17(2)12-26/h4-7,13-15,17,21-22H,8-11H2,1-3H3,(H,29,33)(H,27,30,31)/t17-,21?,22?/m0/s1. The number of ether oxygens (including phenoxy) is 1. The molecule has 2 aromatic heterocycles. The number of carbonyl (C=O) groups is 1. The Balaban J connectivity index is 1.45. The molecule has 1 aliphatic carbocycles. The minimum atomic E-state index is -0.547. The molecule has 1 atom stereocenters. The second-order valence-electron chi connectivity index (χ2n) is 8.63. The number of nitrogens with one attached hydrogen (secondary N) is 2. The molecule has 4 rings (SSSR count). The predicted octanol–water partition coefficient (Wildman–Crippen LogP) is 4.16. The number of amides is 1. The van der Waals surface area contributed by atoms with Crippen molar-refractivity contribution >= 4 is 17.5 Å². The summed E-state index contributed by atoms with van der Waals surface area (Å²) in [7, 11) is 1.78. The number of aromatic nitrogens is 4. The third-order valence-electron chi connectivity index (χ3n) is 6.14. The Bertz CT molecular complexity index is 1170. The van der Waals surface area contributed by atoms with Gasteiger partial charge in [-0.15, -0.1) is 0 Å². The van der Waals surface area contributed by atoms with E-state index in [-0.39, 0.29) is 5.91 Å². The van der Waals surface area contributed by atoms with E-state index in [1.165, 1.54) is 0 Å². The van der Waals surface area contributed by atoms with E-state index in [0.29, 0.717) is 23.7 Å². The highest BCUT2D eigenvalue weighted by molar-refractivity contribution is 5.95. The second kappa shape index (κ2) is 10.4. The molecular formula is C25H29N7O2. The molecule has 0 aliphatic heterocycles. The van der Waals surface area contributed by atoms with Crippen molar-refractivity contribution in [2.24, 2.45) is 0 Å². The van der Waals surface area contributed by atoms with Crippen LogP contribution in [0.15, 0.2) is 42.9 Å². The first-order valence-corrected chi connectivity index (χ1v) is 11.5. The average molecular weight is 460 g/mol. The van der Waals surface area contributed by atoms with Gasteiger partial charge in [0.25, 0.3) is 5.91 Å². The number of aryl methyl sites for hydroxylation is 1. The maximum atomic E-state index is 12.2. The third kappa shape index (κ3) is 5.41. The van der Waals surface area contributed by atoms with Crippen molar-refractivity contribution in [1.29, 1.82) is 5.26 Å². The molecule has 3 aromatic rings. The second-order valence-corrected chi connectivity index (χ2v) is 8.63. The molecule has 1 amide bonds. The molecule has 0 bridgehead atoms. The molecular weight excluding hydrogens is 430 g/mol. The van der Waals surface area contributed by atoms with Crippen molar-refractivity contribution in [3.63, 3.8) is 0 Å². The first-order chi connectivity index (χ1) is 16.5. The number of methoxy groups -OCH3 is 1. The van der Waals surface area contributed by atoms with Gasteiger partial charge in [0.15, 0.2) is 0 Å². The Labute approximate surface area is 199 Å². The third-order valence-corrected chi connectivity index (χ3v) is 6.14. The lowest BCUT2D eigenvalue weighted by Gasteiger charge is -2.27. The Morgan fingerprint density at radius 1 is 1.21 bits per heavy atom. The van der Waals surface area contributed by atoms with Crippen LogP contribution in [0.4, 0.5) is 11.6 Å². The number of benzene rings is 1. The molecule has 1 aromatic carbocycles. The van der Waals surface area contributed by atoms with Crippen LogP contribution >= 0.6 is 0 Å². The lowest BCUT2D eigenvalue weighted by molar-refractivity contribution is 0.0568. The quantitative estimate of drug-likeness (QED) is 0.544. The van der Waals surface area contributed by atoms with E-state index in [4.69, 9.17) is 15.0 Å². The van der Waals surface area contributed by atoms with Gasteiger partial charge >= 0.3 is 0 Å². The summed E-state index contributed by atoms with van der Waals surface area (Å²) in [6, 6.07) is 8.97. The minimum absolute atomic E-state index is 0.282. The van der Waals surface area contributed by atoms with Gasteiger partial charge in [-0.25, -0.2) is 9.97 Å². The van der Waals surface area contributed by atoms with E-state index in [9.17, 15) is 4.79 Å². The van der Waals surface area contributed by atoms with Crippen molar-refractivity contribution in [2.45, 2.75) is 57.7 Å². The van der Waals surface area contributed by atoms with Gasteiger partial charge in [-0.05, 0) is 57.2 Å². The molecule has 9 nitrogen and oxygen atoms in total. The zero-order chi connectivity index (χ0) is 24.1. The first kappa shape index (κ1) is 23.4. The smallest absolute Gasteiger partial charge is 0.252 e. The van der Waals surface area contributed by atoms with Gasteiger partial charge in [0.1, 0.15) is 6.04 Å². The molecule has 1 saturated carbocycles. The SMILES string of the molecule is COC1CCC(n2cc(Nc3ncc(C)c(-c4ccc(C(=O)N[C@@H](C)C#N)cc4)n3)cn2)CC1. The van der Waals surface area contributed by atoms with Crippen molar-refractivity contribution < 1.29 is 9.53 Å². The fourth-order valence-corrected chi connectivity index (χ4v) is 4.16. The Morgan fingerprint density at radius 3 is 2.62 bits per heavy atom. The van der Waals surface area contributed by atoms with Gasteiger partial charge in [-0.3, -0.25) is 9.48 Å². The summed E-state index contributed by atoms with van der Waals surface area (Å²) in [6.45, 7) is 3.59. The maximum absolute atomic E-state index is 12.2. The van der Waals surface area contributed by atoms with Crippen molar-refractivity contribution in [1.82, 2.24) is 25.1 Å². The van der Waals surface area contributed by atoms with Crippen LogP contribution in [0.1, 0.15) is 54.6 Å². The summed E-state index contributed by atoms with van der Waals surface area (Å²) in [6.07, 6.45) is 10.1. The molecule has 0 saturated heterocycles. The molecule has 1 aliphatic rings. The number of nitrogens with zero attached hydrogens (tertiary/aromatic N) is 5. The molecule has 176 valence electrons. The highest BCUT2D eigenvalue weighted by Gasteiger charge is 2.22. The fourth-order valence-electron chi connectivity index (χ4n) is 4.16. The Hall–Kier alpha value is -3.77. The molecule has 0 spiro atoms. The van der Waals surface area contributed by atoms with Crippen LogP contribution in [0.3, 0.4) is 0 Å². The van der Waals surface area contributed by atoms with E-state index in [1.54, 1.807) is 38.6 Å². The summed E-state index contributed by atoms with van der Waals surface area (Å²) in [4.78, 5) is 21.3. The minimum Gasteiger partial charge on any atom is -0.381 e. The van der Waals surface area contributed by atoms with Gasteiger partial charge in [0.2, 0.25) is 5.95 Å². The van der Waals surface area contributed by atoms with Gasteiger partial charge in [0, 0.05) is 30.6 Å². The van der Waals surface area contributed by atoms with Gasteiger partial charge in [-0.1, -0.05) is 12.1 Å². The summed E-state index contributed by atoms with van der Waals surface area (Å²) in [5.74, 6) is 0.197. The monoisotopic (exact) mass is 459 g/mol. The summed E-state index contributed by atoms with van der Waals surface area (Å²) >= 11 is 0. The van der Waals surface area contributed by atoms with Crippen LogP contribution < -0.4 is 10.6 Å².